The molecule has 1 aromatic carbocycles. The zero-order chi connectivity index (χ0) is 14.1. The van der Waals surface area contributed by atoms with Crippen molar-refractivity contribution in [2.75, 3.05) is 6.54 Å². The molecule has 0 spiro atoms. The smallest absolute Gasteiger partial charge is 0.308 e. The van der Waals surface area contributed by atoms with Crippen molar-refractivity contribution < 1.29 is 14.3 Å². The normalized spacial score (nSPS) is 24.1. The molecule has 1 N–H and O–H groups in total. The van der Waals surface area contributed by atoms with Crippen molar-refractivity contribution in [3.8, 4) is 0 Å². The van der Waals surface area contributed by atoms with Crippen LogP contribution in [0, 0.1) is 5.92 Å². The van der Waals surface area contributed by atoms with Gasteiger partial charge >= 0.3 is 5.97 Å². The summed E-state index contributed by atoms with van der Waals surface area (Å²) >= 11 is 0. The predicted molar refractivity (Wildman–Crippen MR) is 76.4 cm³/mol. The SMILES string of the molecule is CC1C(C(=O)O)CCCN1Cc1cc2ccccc2o1. The number of likely N-dealkylation sites (tertiary alicyclic amines) is 1. The summed E-state index contributed by atoms with van der Waals surface area (Å²) in [5.41, 5.74) is 0.891. The van der Waals surface area contributed by atoms with Crippen LogP contribution in [0.3, 0.4) is 0 Å². The maximum absolute atomic E-state index is 11.3. The van der Waals surface area contributed by atoms with Gasteiger partial charge in [0.25, 0.3) is 0 Å². The Labute approximate surface area is 118 Å². The third kappa shape index (κ3) is 2.43. The fraction of sp³-hybridized carbons (Fsp3) is 0.438. The topological polar surface area (TPSA) is 53.7 Å². The maximum Gasteiger partial charge on any atom is 0.308 e. The number of carboxylic acids is 1. The van der Waals surface area contributed by atoms with E-state index in [0.717, 1.165) is 36.1 Å². The molecule has 3 rings (SSSR count). The van der Waals surface area contributed by atoms with E-state index >= 15 is 0 Å². The van der Waals surface area contributed by atoms with Crippen LogP contribution >= 0.6 is 0 Å². The Morgan fingerprint density at radius 3 is 3.00 bits per heavy atom. The van der Waals surface area contributed by atoms with Gasteiger partial charge in [-0.05, 0) is 38.4 Å². The number of para-hydroxylation sites is 1. The predicted octanol–water partition coefficient (Wildman–Crippen LogP) is 3.12. The first-order valence-electron chi connectivity index (χ1n) is 7.09. The van der Waals surface area contributed by atoms with Gasteiger partial charge in [0, 0.05) is 11.4 Å². The second-order valence-electron chi connectivity index (χ2n) is 5.55. The summed E-state index contributed by atoms with van der Waals surface area (Å²) in [5.74, 6) is -0.0518. The van der Waals surface area contributed by atoms with Crippen LogP contribution in [-0.4, -0.2) is 28.6 Å². The minimum atomic E-state index is -0.688. The van der Waals surface area contributed by atoms with Crippen molar-refractivity contribution in [3.63, 3.8) is 0 Å². The van der Waals surface area contributed by atoms with E-state index in [-0.39, 0.29) is 12.0 Å². The lowest BCUT2D eigenvalue weighted by Gasteiger charge is -2.36. The van der Waals surface area contributed by atoms with Gasteiger partial charge in [0.05, 0.1) is 12.5 Å². The quantitative estimate of drug-likeness (QED) is 0.933. The van der Waals surface area contributed by atoms with Gasteiger partial charge in [-0.3, -0.25) is 9.69 Å². The van der Waals surface area contributed by atoms with Gasteiger partial charge in [0.2, 0.25) is 0 Å². The van der Waals surface area contributed by atoms with Crippen LogP contribution in [0.2, 0.25) is 0 Å². The van der Waals surface area contributed by atoms with Crippen LogP contribution in [0.25, 0.3) is 11.0 Å². The molecule has 0 bridgehead atoms. The zero-order valence-electron chi connectivity index (χ0n) is 11.6. The number of furan rings is 1. The Morgan fingerprint density at radius 1 is 1.45 bits per heavy atom. The molecular formula is C16H19NO3. The molecule has 2 heterocycles. The lowest BCUT2D eigenvalue weighted by Crippen LogP contribution is -2.45. The first-order valence-corrected chi connectivity index (χ1v) is 7.09. The van der Waals surface area contributed by atoms with Crippen LogP contribution in [0.4, 0.5) is 0 Å². The van der Waals surface area contributed by atoms with Crippen molar-refractivity contribution >= 4 is 16.9 Å². The van der Waals surface area contributed by atoms with Gasteiger partial charge < -0.3 is 9.52 Å². The maximum atomic E-state index is 11.3. The molecule has 2 unspecified atom stereocenters. The molecule has 1 fully saturated rings. The number of benzene rings is 1. The summed E-state index contributed by atoms with van der Waals surface area (Å²) in [6.07, 6.45) is 1.70. The summed E-state index contributed by atoms with van der Waals surface area (Å²) < 4.78 is 5.83. The van der Waals surface area contributed by atoms with Gasteiger partial charge in [0.1, 0.15) is 11.3 Å². The number of hydrogen-bond acceptors (Lipinski definition) is 3. The lowest BCUT2D eigenvalue weighted by atomic mass is 9.90. The molecule has 0 radical (unpaired) electrons. The largest absolute Gasteiger partial charge is 0.481 e. The number of fused-ring (bicyclic) bond motifs is 1. The van der Waals surface area contributed by atoms with Gasteiger partial charge in [0.15, 0.2) is 0 Å². The summed E-state index contributed by atoms with van der Waals surface area (Å²) in [6.45, 7) is 3.61. The molecule has 0 saturated carbocycles. The van der Waals surface area contributed by atoms with Crippen molar-refractivity contribution in [2.45, 2.75) is 32.4 Å². The van der Waals surface area contributed by atoms with Gasteiger partial charge in [-0.15, -0.1) is 0 Å². The van der Waals surface area contributed by atoms with E-state index in [2.05, 4.69) is 4.90 Å². The highest BCUT2D eigenvalue weighted by atomic mass is 16.4. The van der Waals surface area contributed by atoms with Crippen molar-refractivity contribution in [1.29, 1.82) is 0 Å². The fourth-order valence-electron chi connectivity index (χ4n) is 3.08. The molecule has 2 atom stereocenters. The highest BCUT2D eigenvalue weighted by Gasteiger charge is 2.33. The Morgan fingerprint density at radius 2 is 2.25 bits per heavy atom. The Bertz CT molecular complexity index is 586. The number of carboxylic acid groups (broad SMARTS) is 1. The minimum Gasteiger partial charge on any atom is -0.481 e. The van der Waals surface area contributed by atoms with E-state index in [1.807, 2.05) is 37.3 Å². The van der Waals surface area contributed by atoms with E-state index < -0.39 is 5.97 Å². The van der Waals surface area contributed by atoms with Crippen LogP contribution in [0.5, 0.6) is 0 Å². The molecule has 1 saturated heterocycles. The Kier molecular flexibility index (Phi) is 3.49. The number of nitrogens with zero attached hydrogens (tertiary/aromatic N) is 1. The third-order valence-electron chi connectivity index (χ3n) is 4.27. The number of piperidine rings is 1. The number of rotatable bonds is 3. The second kappa shape index (κ2) is 5.29. The molecule has 4 nitrogen and oxygen atoms in total. The van der Waals surface area contributed by atoms with Crippen LogP contribution in [0.1, 0.15) is 25.5 Å². The highest BCUT2D eigenvalue weighted by Crippen LogP contribution is 2.27. The molecule has 0 aliphatic carbocycles. The summed E-state index contributed by atoms with van der Waals surface area (Å²) in [4.78, 5) is 13.5. The molecule has 1 aromatic heterocycles. The molecule has 0 amide bonds. The van der Waals surface area contributed by atoms with Gasteiger partial charge in [-0.25, -0.2) is 0 Å². The number of carbonyl (C=O) groups is 1. The highest BCUT2D eigenvalue weighted by molar-refractivity contribution is 5.77. The average Bonchev–Trinajstić information content (AvgIpc) is 2.83. The number of hydrogen-bond donors (Lipinski definition) is 1. The summed E-state index contributed by atoms with van der Waals surface area (Å²) in [7, 11) is 0. The first kappa shape index (κ1) is 13.2. The van der Waals surface area contributed by atoms with E-state index in [0.29, 0.717) is 6.54 Å². The van der Waals surface area contributed by atoms with Crippen molar-refractivity contribution in [2.24, 2.45) is 5.92 Å². The Balaban J connectivity index is 1.77. The van der Waals surface area contributed by atoms with Crippen LogP contribution < -0.4 is 0 Å². The summed E-state index contributed by atoms with van der Waals surface area (Å²) in [5, 5.41) is 10.4. The van der Waals surface area contributed by atoms with E-state index in [4.69, 9.17) is 4.42 Å². The molecule has 1 aliphatic heterocycles. The molecule has 4 heteroatoms. The lowest BCUT2D eigenvalue weighted by molar-refractivity contribution is -0.145. The van der Waals surface area contributed by atoms with Gasteiger partial charge in [-0.2, -0.15) is 0 Å². The van der Waals surface area contributed by atoms with Crippen molar-refractivity contribution in [1.82, 2.24) is 4.90 Å². The van der Waals surface area contributed by atoms with E-state index in [1.54, 1.807) is 0 Å². The zero-order valence-corrected chi connectivity index (χ0v) is 11.6. The summed E-state index contributed by atoms with van der Waals surface area (Å²) in [6, 6.07) is 10.0. The molecule has 20 heavy (non-hydrogen) atoms. The standard InChI is InChI=1S/C16H19NO3/c1-11-14(16(18)19)6-4-8-17(11)10-13-9-12-5-2-3-7-15(12)20-13/h2-3,5,7,9,11,14H,4,6,8,10H2,1H3,(H,18,19). The van der Waals surface area contributed by atoms with Crippen LogP contribution in [0.15, 0.2) is 34.7 Å². The van der Waals surface area contributed by atoms with Crippen molar-refractivity contribution in [3.05, 3.63) is 36.1 Å². The van der Waals surface area contributed by atoms with E-state index in [9.17, 15) is 9.90 Å². The van der Waals surface area contributed by atoms with Crippen LogP contribution in [-0.2, 0) is 11.3 Å². The molecule has 2 aromatic rings. The molecule has 106 valence electrons. The molecular weight excluding hydrogens is 254 g/mol. The second-order valence-corrected chi connectivity index (χ2v) is 5.55. The van der Waals surface area contributed by atoms with E-state index in [1.165, 1.54) is 0 Å². The Hall–Kier alpha value is -1.81. The van der Waals surface area contributed by atoms with Gasteiger partial charge in [-0.1, -0.05) is 18.2 Å². The minimum absolute atomic E-state index is 0.0504. The monoisotopic (exact) mass is 273 g/mol. The first-order chi connectivity index (χ1) is 9.65. The molecule has 1 aliphatic rings. The fourth-order valence-corrected chi connectivity index (χ4v) is 3.08. The average molecular weight is 273 g/mol. The third-order valence-corrected chi connectivity index (χ3v) is 4.27. The number of aliphatic carboxylic acids is 1.